The third-order valence-electron chi connectivity index (χ3n) is 3.89. The molecule has 1 aromatic heterocycles. The minimum Gasteiger partial charge on any atom is -0.508 e. The van der Waals surface area contributed by atoms with Crippen LogP contribution in [0.4, 0.5) is 5.69 Å². The summed E-state index contributed by atoms with van der Waals surface area (Å²) >= 11 is 0. The van der Waals surface area contributed by atoms with E-state index >= 15 is 0 Å². The van der Waals surface area contributed by atoms with Crippen LogP contribution < -0.4 is 10.1 Å². The first-order valence-corrected chi connectivity index (χ1v) is 9.34. The van der Waals surface area contributed by atoms with Gasteiger partial charge in [-0.15, -0.1) is 5.10 Å². The van der Waals surface area contributed by atoms with Crippen molar-refractivity contribution in [1.82, 2.24) is 20.6 Å². The molecule has 0 bridgehead atoms. The van der Waals surface area contributed by atoms with Gasteiger partial charge in [-0.2, -0.15) is 10.3 Å². The number of hydrogen-bond acceptors (Lipinski definition) is 7. The van der Waals surface area contributed by atoms with Crippen LogP contribution >= 0.6 is 0 Å². The maximum absolute atomic E-state index is 12.0. The van der Waals surface area contributed by atoms with Crippen LogP contribution in [0.2, 0.25) is 0 Å². The zero-order chi connectivity index (χ0) is 22.6. The summed E-state index contributed by atoms with van der Waals surface area (Å²) in [6.07, 6.45) is 1.56. The summed E-state index contributed by atoms with van der Waals surface area (Å²) in [4.78, 5) is 14.5. The molecule has 1 amide bonds. The van der Waals surface area contributed by atoms with Crippen LogP contribution in [0.25, 0.3) is 21.3 Å². The number of azide groups is 1. The molecule has 3 N–H and O–H groups in total. The summed E-state index contributed by atoms with van der Waals surface area (Å²) in [7, 11) is 1.41. The number of benzene rings is 2. The average Bonchev–Trinajstić information content (AvgIpc) is 2.88. The van der Waals surface area contributed by atoms with Crippen molar-refractivity contribution in [3.05, 3.63) is 70.2 Å². The van der Waals surface area contributed by atoms with Gasteiger partial charge in [0.2, 0.25) is 0 Å². The molecular weight excluding hydrogens is 400 g/mol. The number of carbonyl (C=O) groups is 1. The Balaban J connectivity index is 0.00000166. The standard InChI is InChI=1S/C18H16N8O3.C2H6/c1-29-17-6-12-5-11(9-20-13-3-2-4-14(27)7-13)10-21-25-26-22-16(12)8-15(17)18(28)23-24-19;1-2/h2-8,10,20,27H,9H2,1H3,(H,22,25);1-2H3. The highest BCUT2D eigenvalue weighted by Gasteiger charge is 2.13. The van der Waals surface area contributed by atoms with Crippen molar-refractivity contribution in [3.8, 4) is 11.5 Å². The van der Waals surface area contributed by atoms with Gasteiger partial charge in [0, 0.05) is 28.6 Å². The third-order valence-corrected chi connectivity index (χ3v) is 3.89. The number of fused-ring (bicyclic) bond motifs is 1. The lowest BCUT2D eigenvalue weighted by atomic mass is 10.1. The third kappa shape index (κ3) is 6.31. The molecule has 1 heterocycles. The molecular formula is C20H22N8O3. The Morgan fingerprint density at radius 3 is 2.81 bits per heavy atom. The molecule has 0 aliphatic rings. The van der Waals surface area contributed by atoms with E-state index in [2.05, 4.69) is 36.0 Å². The van der Waals surface area contributed by atoms with E-state index in [1.165, 1.54) is 13.2 Å². The molecule has 3 rings (SSSR count). The summed E-state index contributed by atoms with van der Waals surface area (Å²) in [6, 6.07) is 11.5. The Hall–Kier alpha value is -4.37. The van der Waals surface area contributed by atoms with Crippen molar-refractivity contribution in [3.63, 3.8) is 0 Å². The van der Waals surface area contributed by atoms with Gasteiger partial charge in [0.25, 0.3) is 5.91 Å². The predicted octanol–water partition coefficient (Wildman–Crippen LogP) is 4.28. The van der Waals surface area contributed by atoms with Gasteiger partial charge in [-0.1, -0.05) is 25.1 Å². The zero-order valence-corrected chi connectivity index (χ0v) is 17.3. The van der Waals surface area contributed by atoms with Crippen molar-refractivity contribution in [2.24, 2.45) is 5.11 Å². The van der Waals surface area contributed by atoms with E-state index in [0.717, 1.165) is 11.3 Å². The number of H-pyrrole nitrogens is 1. The number of aromatic amines is 1. The molecule has 0 unspecified atom stereocenters. The molecule has 0 saturated heterocycles. The molecule has 2 aromatic carbocycles. The van der Waals surface area contributed by atoms with E-state index in [1.54, 1.807) is 36.5 Å². The second-order valence-corrected chi connectivity index (χ2v) is 5.79. The highest BCUT2D eigenvalue weighted by molar-refractivity contribution is 6.01. The molecule has 0 aliphatic heterocycles. The van der Waals surface area contributed by atoms with Crippen molar-refractivity contribution in [2.45, 2.75) is 20.4 Å². The number of nitrogens with one attached hydrogen (secondary N) is 2. The van der Waals surface area contributed by atoms with Crippen LogP contribution in [0, 0.1) is 0 Å². The largest absolute Gasteiger partial charge is 0.508 e. The Morgan fingerprint density at radius 1 is 1.29 bits per heavy atom. The number of nitrogens with zero attached hydrogens (tertiary/aromatic N) is 6. The summed E-state index contributed by atoms with van der Waals surface area (Å²) in [5.74, 6) is -0.406. The maximum atomic E-state index is 12.0. The van der Waals surface area contributed by atoms with E-state index in [0.29, 0.717) is 17.4 Å². The van der Waals surface area contributed by atoms with Gasteiger partial charge in [0.05, 0.1) is 24.4 Å². The lowest BCUT2D eigenvalue weighted by Gasteiger charge is -2.07. The molecule has 0 spiro atoms. The summed E-state index contributed by atoms with van der Waals surface area (Å²) in [6.45, 7) is 4.38. The fraction of sp³-hybridized carbons (Fsp3) is 0.200. The summed E-state index contributed by atoms with van der Waals surface area (Å²) < 4.78 is 5.26. The first-order chi connectivity index (χ1) is 15.1. The normalized spacial score (nSPS) is 9.52. The van der Waals surface area contributed by atoms with E-state index in [4.69, 9.17) is 10.3 Å². The topological polar surface area (TPSA) is 162 Å². The lowest BCUT2D eigenvalue weighted by molar-refractivity contribution is 0.0997. The SMILES string of the molecule is CC.COc1cc2cc(CNc3cccc(O)c3)cn[nH]nnc2cc1C(=O)N=[N+]=[N-]. The van der Waals surface area contributed by atoms with Crippen LogP contribution in [-0.4, -0.2) is 38.7 Å². The lowest BCUT2D eigenvalue weighted by Crippen LogP contribution is -2.00. The summed E-state index contributed by atoms with van der Waals surface area (Å²) in [5.41, 5.74) is 10.4. The number of phenols is 1. The molecule has 3 aromatic rings. The fourth-order valence-electron chi connectivity index (χ4n) is 2.58. The second kappa shape index (κ2) is 11.6. The first kappa shape index (κ1) is 22.9. The average molecular weight is 422 g/mol. The van der Waals surface area contributed by atoms with Gasteiger partial charge in [-0.3, -0.25) is 4.79 Å². The van der Waals surface area contributed by atoms with Gasteiger partial charge in [0.15, 0.2) is 0 Å². The number of phenolic OH excluding ortho intramolecular Hbond substituents is 1. The fourth-order valence-corrected chi connectivity index (χ4v) is 2.58. The number of hydrogen-bond donors (Lipinski definition) is 3. The van der Waals surface area contributed by atoms with E-state index in [-0.39, 0.29) is 17.1 Å². The molecule has 0 radical (unpaired) electrons. The van der Waals surface area contributed by atoms with Gasteiger partial charge >= 0.3 is 0 Å². The Bertz CT molecular complexity index is 1150. The second-order valence-electron chi connectivity index (χ2n) is 5.79. The molecule has 0 saturated carbocycles. The quantitative estimate of drug-likeness (QED) is 0.314. The molecule has 0 atom stereocenters. The van der Waals surface area contributed by atoms with E-state index in [1.807, 2.05) is 19.9 Å². The minimum absolute atomic E-state index is 0.0657. The number of rotatable bonds is 5. The number of aromatic hydroxyl groups is 1. The Kier molecular flexibility index (Phi) is 8.57. The van der Waals surface area contributed by atoms with E-state index in [9.17, 15) is 9.90 Å². The highest BCUT2D eigenvalue weighted by atomic mass is 16.5. The minimum atomic E-state index is -0.791. The number of ether oxygens (including phenoxy) is 1. The molecule has 0 aliphatic carbocycles. The Labute approximate surface area is 178 Å². The van der Waals surface area contributed by atoms with Gasteiger partial charge in [-0.25, -0.2) is 0 Å². The van der Waals surface area contributed by atoms with E-state index < -0.39 is 5.91 Å². The number of amides is 1. The van der Waals surface area contributed by atoms with Crippen LogP contribution in [0.5, 0.6) is 11.5 Å². The van der Waals surface area contributed by atoms with Crippen molar-refractivity contribution in [1.29, 1.82) is 0 Å². The van der Waals surface area contributed by atoms with Crippen LogP contribution in [0.1, 0.15) is 29.8 Å². The first-order valence-electron chi connectivity index (χ1n) is 9.34. The summed E-state index contributed by atoms with van der Waals surface area (Å²) in [5, 5.41) is 30.6. The molecule has 0 fully saturated rings. The number of carbonyl (C=O) groups excluding carboxylic acids is 1. The van der Waals surface area contributed by atoms with Crippen molar-refractivity contribution in [2.75, 3.05) is 12.4 Å². The van der Waals surface area contributed by atoms with Gasteiger partial charge in [0.1, 0.15) is 11.5 Å². The molecule has 160 valence electrons. The smallest absolute Gasteiger partial charge is 0.252 e. The molecule has 11 nitrogen and oxygen atoms in total. The predicted molar refractivity (Wildman–Crippen MR) is 116 cm³/mol. The Morgan fingerprint density at radius 2 is 2.10 bits per heavy atom. The van der Waals surface area contributed by atoms with Crippen molar-refractivity contribution >= 4 is 22.5 Å². The van der Waals surface area contributed by atoms with Gasteiger partial charge < -0.3 is 15.2 Å². The maximum Gasteiger partial charge on any atom is 0.252 e. The van der Waals surface area contributed by atoms with Crippen LogP contribution in [-0.2, 0) is 6.54 Å². The molecule has 11 heteroatoms. The van der Waals surface area contributed by atoms with Crippen LogP contribution in [0.15, 0.2) is 53.8 Å². The molecule has 31 heavy (non-hydrogen) atoms. The van der Waals surface area contributed by atoms with Crippen molar-refractivity contribution < 1.29 is 14.6 Å². The van der Waals surface area contributed by atoms with Crippen LogP contribution in [0.3, 0.4) is 0 Å². The number of anilines is 1. The zero-order valence-electron chi connectivity index (χ0n) is 17.3. The van der Waals surface area contributed by atoms with Gasteiger partial charge in [-0.05, 0) is 46.5 Å². The number of methoxy groups -OCH3 is 1. The number of aromatic nitrogens is 4. The highest BCUT2D eigenvalue weighted by Crippen LogP contribution is 2.25. The monoisotopic (exact) mass is 422 g/mol.